The molecule has 7 nitrogen and oxygen atoms in total. The van der Waals surface area contributed by atoms with Crippen LogP contribution in [0.15, 0.2) is 54.7 Å². The number of benzene rings is 2. The van der Waals surface area contributed by atoms with Crippen LogP contribution in [-0.2, 0) is 11.3 Å². The van der Waals surface area contributed by atoms with Crippen LogP contribution in [0.3, 0.4) is 0 Å². The first-order valence-corrected chi connectivity index (χ1v) is 9.58. The van der Waals surface area contributed by atoms with E-state index in [4.69, 9.17) is 9.47 Å². The molecule has 3 aromatic rings. The van der Waals surface area contributed by atoms with Crippen molar-refractivity contribution < 1.29 is 29.9 Å². The summed E-state index contributed by atoms with van der Waals surface area (Å²) < 4.78 is 13.4. The number of aliphatic hydroxyl groups excluding tert-OH is 4. The molecule has 1 aromatic heterocycles. The van der Waals surface area contributed by atoms with Gasteiger partial charge in [-0.05, 0) is 24.6 Å². The van der Waals surface area contributed by atoms with Crippen molar-refractivity contribution in [3.05, 3.63) is 65.9 Å². The van der Waals surface area contributed by atoms with Crippen LogP contribution in [0.2, 0.25) is 0 Å². The Morgan fingerprint density at radius 1 is 0.966 bits per heavy atom. The number of fused-ring (bicyclic) bond motifs is 1. The van der Waals surface area contributed by atoms with Crippen molar-refractivity contribution in [2.45, 2.75) is 44.2 Å². The highest BCUT2D eigenvalue weighted by molar-refractivity contribution is 5.86. The number of nitrogens with zero attached hydrogens (tertiary/aromatic N) is 1. The lowest BCUT2D eigenvalue weighted by Crippen LogP contribution is -2.60. The van der Waals surface area contributed by atoms with Crippen LogP contribution in [0.1, 0.15) is 11.1 Å². The average Bonchev–Trinajstić information content (AvgIpc) is 3.14. The monoisotopic (exact) mass is 399 g/mol. The first-order valence-electron chi connectivity index (χ1n) is 9.58. The van der Waals surface area contributed by atoms with Gasteiger partial charge in [0.05, 0.1) is 12.1 Å². The number of para-hydroxylation sites is 1. The van der Waals surface area contributed by atoms with Crippen molar-refractivity contribution in [2.24, 2.45) is 0 Å². The smallest absolute Gasteiger partial charge is 0.229 e. The Morgan fingerprint density at radius 3 is 2.45 bits per heavy atom. The van der Waals surface area contributed by atoms with Crippen molar-refractivity contribution in [2.75, 3.05) is 6.61 Å². The minimum atomic E-state index is -1.48. The zero-order valence-electron chi connectivity index (χ0n) is 16.0. The summed E-state index contributed by atoms with van der Waals surface area (Å²) in [6, 6.07) is 15.8. The third-order valence-electron chi connectivity index (χ3n) is 5.32. The summed E-state index contributed by atoms with van der Waals surface area (Å²) in [6.07, 6.45) is -4.63. The van der Waals surface area contributed by atoms with Gasteiger partial charge in [-0.3, -0.25) is 0 Å². The summed E-state index contributed by atoms with van der Waals surface area (Å²) in [4.78, 5) is 0. The lowest BCUT2D eigenvalue weighted by Gasteiger charge is -2.39. The summed E-state index contributed by atoms with van der Waals surface area (Å²) in [5.41, 5.74) is 3.15. The molecule has 0 aliphatic carbocycles. The predicted octanol–water partition coefficient (Wildman–Crippen LogP) is 1.18. The van der Waals surface area contributed by atoms with Gasteiger partial charge in [0, 0.05) is 18.1 Å². The van der Waals surface area contributed by atoms with E-state index in [1.54, 1.807) is 6.07 Å². The zero-order valence-corrected chi connectivity index (χ0v) is 16.0. The molecular formula is C22H25NO6. The zero-order chi connectivity index (χ0) is 20.5. The minimum Gasteiger partial charge on any atom is -0.460 e. The number of aromatic nitrogens is 1. The molecule has 7 heteroatoms. The maximum atomic E-state index is 10.3. The van der Waals surface area contributed by atoms with Gasteiger partial charge in [-0.1, -0.05) is 42.0 Å². The molecule has 1 saturated heterocycles. The van der Waals surface area contributed by atoms with Crippen LogP contribution >= 0.6 is 0 Å². The molecule has 0 radical (unpaired) electrons. The van der Waals surface area contributed by atoms with E-state index in [0.717, 1.165) is 16.5 Å². The Kier molecular flexibility index (Phi) is 5.58. The van der Waals surface area contributed by atoms with Crippen LogP contribution in [-0.4, -0.2) is 62.3 Å². The van der Waals surface area contributed by atoms with E-state index in [1.807, 2.05) is 35.9 Å². The molecule has 0 spiro atoms. The topological polar surface area (TPSA) is 104 Å². The summed E-state index contributed by atoms with van der Waals surface area (Å²) >= 11 is 0. The van der Waals surface area contributed by atoms with Crippen LogP contribution < -0.4 is 4.74 Å². The molecular weight excluding hydrogens is 374 g/mol. The summed E-state index contributed by atoms with van der Waals surface area (Å²) in [5, 5.41) is 40.6. The van der Waals surface area contributed by atoms with Gasteiger partial charge >= 0.3 is 0 Å². The highest BCUT2D eigenvalue weighted by Crippen LogP contribution is 2.31. The Morgan fingerprint density at radius 2 is 1.72 bits per heavy atom. The fourth-order valence-electron chi connectivity index (χ4n) is 3.63. The maximum Gasteiger partial charge on any atom is 0.229 e. The summed E-state index contributed by atoms with van der Waals surface area (Å²) in [7, 11) is 0. The van der Waals surface area contributed by atoms with Crippen LogP contribution in [0.5, 0.6) is 5.75 Å². The Hall–Kier alpha value is -2.42. The highest BCUT2D eigenvalue weighted by atomic mass is 16.7. The van der Waals surface area contributed by atoms with Crippen LogP contribution in [0, 0.1) is 6.92 Å². The number of hydrogen-bond donors (Lipinski definition) is 4. The van der Waals surface area contributed by atoms with Gasteiger partial charge in [-0.15, -0.1) is 0 Å². The number of aryl methyl sites for hydroxylation is 1. The molecule has 0 amide bonds. The molecule has 1 fully saturated rings. The van der Waals surface area contributed by atoms with Gasteiger partial charge in [-0.2, -0.15) is 0 Å². The first-order chi connectivity index (χ1) is 14.0. The molecule has 5 atom stereocenters. The maximum absolute atomic E-state index is 10.3. The van der Waals surface area contributed by atoms with Crippen LogP contribution in [0.25, 0.3) is 10.9 Å². The third kappa shape index (κ3) is 3.88. The highest BCUT2D eigenvalue weighted by Gasteiger charge is 2.44. The first kappa shape index (κ1) is 19.9. The van der Waals surface area contributed by atoms with E-state index in [1.165, 1.54) is 5.56 Å². The van der Waals surface area contributed by atoms with E-state index < -0.39 is 37.3 Å². The summed E-state index contributed by atoms with van der Waals surface area (Å²) in [5.74, 6) is 0.476. The Labute approximate surface area is 168 Å². The summed E-state index contributed by atoms with van der Waals surface area (Å²) in [6.45, 7) is 2.18. The predicted molar refractivity (Wildman–Crippen MR) is 107 cm³/mol. The Bertz CT molecular complexity index is 967. The van der Waals surface area contributed by atoms with Crippen molar-refractivity contribution >= 4 is 10.9 Å². The molecule has 4 rings (SSSR count). The largest absolute Gasteiger partial charge is 0.460 e. The fraction of sp³-hybridized carbons (Fsp3) is 0.364. The van der Waals surface area contributed by atoms with Crippen molar-refractivity contribution in [3.63, 3.8) is 0 Å². The molecule has 4 N–H and O–H groups in total. The van der Waals surface area contributed by atoms with E-state index in [2.05, 4.69) is 24.3 Å². The van der Waals surface area contributed by atoms with E-state index >= 15 is 0 Å². The quantitative estimate of drug-likeness (QED) is 0.514. The van der Waals surface area contributed by atoms with Gasteiger partial charge in [0.15, 0.2) is 0 Å². The number of aliphatic hydroxyl groups is 4. The number of hydrogen-bond acceptors (Lipinski definition) is 6. The molecule has 0 unspecified atom stereocenters. The second-order valence-corrected chi connectivity index (χ2v) is 7.44. The molecule has 1 aliphatic rings. The number of rotatable bonds is 5. The lowest BCUT2D eigenvalue weighted by molar-refractivity contribution is -0.277. The lowest BCUT2D eigenvalue weighted by atomic mass is 9.99. The standard InChI is InChI=1S/C22H25NO6/c1-13-5-7-14(8-6-13)11-23-10-9-15-3-2-4-16(18(15)23)28-22-21(27)20(26)19(25)17(12-24)29-22/h2-10,17,19-22,24-27H,11-12H2,1H3/t17-,19-,20+,21-,22-/m1/s1. The van der Waals surface area contributed by atoms with Crippen LogP contribution in [0.4, 0.5) is 0 Å². The van der Waals surface area contributed by atoms with Gasteiger partial charge in [-0.25, -0.2) is 0 Å². The molecule has 1 aliphatic heterocycles. The van der Waals surface area contributed by atoms with Gasteiger partial charge in [0.1, 0.15) is 30.2 Å². The van der Waals surface area contributed by atoms with Gasteiger partial charge in [0.25, 0.3) is 0 Å². The minimum absolute atomic E-state index is 0.476. The second kappa shape index (κ2) is 8.14. The Balaban J connectivity index is 1.64. The van der Waals surface area contributed by atoms with Crippen molar-refractivity contribution in [1.82, 2.24) is 4.57 Å². The molecule has 2 aromatic carbocycles. The van der Waals surface area contributed by atoms with E-state index in [-0.39, 0.29) is 0 Å². The second-order valence-electron chi connectivity index (χ2n) is 7.44. The SMILES string of the molecule is Cc1ccc(Cn2ccc3cccc(O[C@@H]4O[C@H](CO)[C@@H](O)[C@H](O)[C@H]4O)c32)cc1. The fourth-order valence-corrected chi connectivity index (χ4v) is 3.63. The van der Waals surface area contributed by atoms with E-state index in [9.17, 15) is 20.4 Å². The molecule has 2 heterocycles. The molecule has 29 heavy (non-hydrogen) atoms. The van der Waals surface area contributed by atoms with E-state index in [0.29, 0.717) is 12.3 Å². The average molecular weight is 399 g/mol. The van der Waals surface area contributed by atoms with Crippen molar-refractivity contribution in [1.29, 1.82) is 0 Å². The molecule has 0 saturated carbocycles. The van der Waals surface area contributed by atoms with Gasteiger partial charge < -0.3 is 34.5 Å². The molecule has 0 bridgehead atoms. The number of ether oxygens (including phenoxy) is 2. The third-order valence-corrected chi connectivity index (χ3v) is 5.32. The van der Waals surface area contributed by atoms with Gasteiger partial charge in [0.2, 0.25) is 6.29 Å². The molecule has 154 valence electrons. The van der Waals surface area contributed by atoms with Crippen molar-refractivity contribution in [3.8, 4) is 5.75 Å². The normalized spacial score (nSPS) is 27.3.